The number of ether oxygens (including phenoxy) is 1. The van der Waals surface area contributed by atoms with Gasteiger partial charge in [0.05, 0.1) is 0 Å². The van der Waals surface area contributed by atoms with Crippen LogP contribution in [0.2, 0.25) is 0 Å². The Balaban J connectivity index is 1.44. The molecule has 0 N–H and O–H groups in total. The van der Waals surface area contributed by atoms with Crippen LogP contribution in [-0.4, -0.2) is 40.1 Å². The van der Waals surface area contributed by atoms with Gasteiger partial charge in [-0.3, -0.25) is 4.79 Å². The zero-order valence-electron chi connectivity index (χ0n) is 17.9. The third kappa shape index (κ3) is 6.17. The highest BCUT2D eigenvalue weighted by molar-refractivity contribution is 5.78. The molecule has 30 heavy (non-hydrogen) atoms. The Hall–Kier alpha value is -3.15. The maximum Gasteiger partial charge on any atom is 0.260 e. The predicted molar refractivity (Wildman–Crippen MR) is 116 cm³/mol. The summed E-state index contributed by atoms with van der Waals surface area (Å²) in [6.07, 6.45) is 2.42. The summed E-state index contributed by atoms with van der Waals surface area (Å²) in [6.45, 7) is 6.78. The lowest BCUT2D eigenvalue weighted by molar-refractivity contribution is -0.135. The zero-order valence-corrected chi connectivity index (χ0v) is 17.9. The highest BCUT2D eigenvalue weighted by Crippen LogP contribution is 2.16. The molecule has 0 saturated heterocycles. The van der Waals surface area contributed by atoms with Gasteiger partial charge in [0.1, 0.15) is 5.75 Å². The van der Waals surface area contributed by atoms with Crippen LogP contribution in [0.4, 0.5) is 0 Å². The molecule has 0 bridgehead atoms. The first-order valence-corrected chi connectivity index (χ1v) is 10.4. The summed E-state index contributed by atoms with van der Waals surface area (Å²) >= 11 is 0. The van der Waals surface area contributed by atoms with Crippen molar-refractivity contribution in [2.75, 3.05) is 13.2 Å². The summed E-state index contributed by atoms with van der Waals surface area (Å²) < 4.78 is 11.0. The number of carbonyl (C=O) groups is 1. The summed E-state index contributed by atoms with van der Waals surface area (Å²) in [6, 6.07) is 17.6. The van der Waals surface area contributed by atoms with Crippen molar-refractivity contribution >= 4 is 5.91 Å². The summed E-state index contributed by atoms with van der Waals surface area (Å²) in [5.41, 5.74) is 2.10. The van der Waals surface area contributed by atoms with Gasteiger partial charge in [-0.05, 0) is 45.7 Å². The molecular formula is C24H29N3O3. The van der Waals surface area contributed by atoms with E-state index in [4.69, 9.17) is 9.26 Å². The van der Waals surface area contributed by atoms with E-state index in [-0.39, 0.29) is 18.6 Å². The molecule has 6 nitrogen and oxygen atoms in total. The summed E-state index contributed by atoms with van der Waals surface area (Å²) in [5.74, 6) is 1.94. The van der Waals surface area contributed by atoms with E-state index in [0.29, 0.717) is 30.4 Å². The van der Waals surface area contributed by atoms with Gasteiger partial charge in [-0.15, -0.1) is 0 Å². The number of aromatic nitrogens is 2. The van der Waals surface area contributed by atoms with Crippen molar-refractivity contribution in [3.05, 3.63) is 66.1 Å². The number of hydrogen-bond acceptors (Lipinski definition) is 5. The molecule has 3 rings (SSSR count). The molecule has 0 aliphatic heterocycles. The largest absolute Gasteiger partial charge is 0.484 e. The first kappa shape index (κ1) is 21.6. The summed E-state index contributed by atoms with van der Waals surface area (Å²) in [7, 11) is 0. The maximum atomic E-state index is 12.6. The van der Waals surface area contributed by atoms with E-state index in [1.54, 1.807) is 0 Å². The normalized spacial score (nSPS) is 10.9. The summed E-state index contributed by atoms with van der Waals surface area (Å²) in [4.78, 5) is 18.9. The van der Waals surface area contributed by atoms with E-state index in [1.807, 2.05) is 80.3 Å². The Labute approximate surface area is 177 Å². The lowest BCUT2D eigenvalue weighted by atomic mass is 10.2. The predicted octanol–water partition coefficient (Wildman–Crippen LogP) is 4.68. The van der Waals surface area contributed by atoms with Gasteiger partial charge < -0.3 is 14.2 Å². The van der Waals surface area contributed by atoms with Gasteiger partial charge in [0.2, 0.25) is 11.7 Å². The van der Waals surface area contributed by atoms with Crippen LogP contribution in [-0.2, 0) is 11.2 Å². The third-order valence-corrected chi connectivity index (χ3v) is 4.87. The molecule has 1 aromatic heterocycles. The Kier molecular flexibility index (Phi) is 7.60. The van der Waals surface area contributed by atoms with Crippen molar-refractivity contribution in [3.63, 3.8) is 0 Å². The molecule has 0 unspecified atom stereocenters. The van der Waals surface area contributed by atoms with Crippen LogP contribution in [0.1, 0.15) is 38.1 Å². The van der Waals surface area contributed by atoms with Crippen LogP contribution < -0.4 is 4.74 Å². The van der Waals surface area contributed by atoms with Crippen molar-refractivity contribution in [1.29, 1.82) is 0 Å². The van der Waals surface area contributed by atoms with Crippen molar-refractivity contribution in [3.8, 4) is 17.1 Å². The molecule has 0 atom stereocenters. The maximum absolute atomic E-state index is 12.6. The van der Waals surface area contributed by atoms with Crippen molar-refractivity contribution in [2.24, 2.45) is 0 Å². The van der Waals surface area contributed by atoms with Gasteiger partial charge in [-0.25, -0.2) is 0 Å². The van der Waals surface area contributed by atoms with E-state index < -0.39 is 0 Å². The molecule has 0 spiro atoms. The average molecular weight is 408 g/mol. The molecule has 0 radical (unpaired) electrons. The van der Waals surface area contributed by atoms with Crippen molar-refractivity contribution in [1.82, 2.24) is 15.0 Å². The lowest BCUT2D eigenvalue weighted by Gasteiger charge is -2.26. The highest BCUT2D eigenvalue weighted by Gasteiger charge is 2.17. The second-order valence-corrected chi connectivity index (χ2v) is 7.62. The lowest BCUT2D eigenvalue weighted by Crippen LogP contribution is -2.40. The third-order valence-electron chi connectivity index (χ3n) is 4.87. The molecule has 158 valence electrons. The minimum Gasteiger partial charge on any atom is -0.484 e. The van der Waals surface area contributed by atoms with Crippen LogP contribution in [0.5, 0.6) is 5.75 Å². The van der Waals surface area contributed by atoms with Gasteiger partial charge in [-0.1, -0.05) is 53.2 Å². The minimum absolute atomic E-state index is 0.00488. The highest BCUT2D eigenvalue weighted by atomic mass is 16.5. The van der Waals surface area contributed by atoms with Crippen molar-refractivity contribution in [2.45, 2.75) is 46.1 Å². The van der Waals surface area contributed by atoms with Crippen LogP contribution in [0.25, 0.3) is 11.4 Å². The molecule has 2 aromatic carbocycles. The second kappa shape index (κ2) is 10.6. The smallest absolute Gasteiger partial charge is 0.260 e. The Morgan fingerprint density at radius 2 is 1.80 bits per heavy atom. The SMILES string of the molecule is Cc1ccc(OCC(=O)N(CCCCc2nc(-c3ccccc3)no2)C(C)C)cc1. The topological polar surface area (TPSA) is 68.5 Å². The fourth-order valence-electron chi connectivity index (χ4n) is 3.15. The van der Waals surface area contributed by atoms with Crippen molar-refractivity contribution < 1.29 is 14.1 Å². The Bertz CT molecular complexity index is 920. The molecule has 1 amide bonds. The molecular weight excluding hydrogens is 378 g/mol. The van der Waals surface area contributed by atoms with Gasteiger partial charge in [0, 0.05) is 24.6 Å². The number of amides is 1. The fourth-order valence-corrected chi connectivity index (χ4v) is 3.15. The van der Waals surface area contributed by atoms with E-state index in [0.717, 1.165) is 24.0 Å². The summed E-state index contributed by atoms with van der Waals surface area (Å²) in [5, 5.41) is 4.05. The minimum atomic E-state index is -0.00488. The number of benzene rings is 2. The first-order valence-electron chi connectivity index (χ1n) is 10.4. The fraction of sp³-hybridized carbons (Fsp3) is 0.375. The standard InChI is InChI=1S/C24H29N3O3/c1-18(2)27(23(28)17-29-21-14-12-19(3)13-15-21)16-8-7-11-22-25-24(26-30-22)20-9-5-4-6-10-20/h4-6,9-10,12-15,18H,7-8,11,16-17H2,1-3H3. The van der Waals surface area contributed by atoms with Crippen LogP contribution in [0, 0.1) is 6.92 Å². The van der Waals surface area contributed by atoms with E-state index >= 15 is 0 Å². The Morgan fingerprint density at radius 3 is 2.50 bits per heavy atom. The second-order valence-electron chi connectivity index (χ2n) is 7.62. The van der Waals surface area contributed by atoms with E-state index in [9.17, 15) is 4.79 Å². The zero-order chi connectivity index (χ0) is 21.3. The number of rotatable bonds is 10. The van der Waals surface area contributed by atoms with Gasteiger partial charge >= 0.3 is 0 Å². The molecule has 0 fully saturated rings. The Morgan fingerprint density at radius 1 is 1.07 bits per heavy atom. The number of unbranched alkanes of at least 4 members (excludes halogenated alkanes) is 1. The van der Waals surface area contributed by atoms with Gasteiger partial charge in [-0.2, -0.15) is 4.98 Å². The monoisotopic (exact) mass is 407 g/mol. The number of nitrogens with zero attached hydrogens (tertiary/aromatic N) is 3. The molecule has 0 aliphatic rings. The van der Waals surface area contributed by atoms with Crippen LogP contribution >= 0.6 is 0 Å². The van der Waals surface area contributed by atoms with Gasteiger partial charge in [0.15, 0.2) is 6.61 Å². The first-order chi connectivity index (χ1) is 14.5. The van der Waals surface area contributed by atoms with Crippen LogP contribution in [0.15, 0.2) is 59.1 Å². The molecule has 0 aliphatic carbocycles. The quantitative estimate of drug-likeness (QED) is 0.456. The van der Waals surface area contributed by atoms with E-state index in [2.05, 4.69) is 10.1 Å². The number of carbonyl (C=O) groups excluding carboxylic acids is 1. The average Bonchev–Trinajstić information content (AvgIpc) is 3.22. The van der Waals surface area contributed by atoms with Gasteiger partial charge in [0.25, 0.3) is 5.91 Å². The van der Waals surface area contributed by atoms with Crippen LogP contribution in [0.3, 0.4) is 0 Å². The molecule has 3 aromatic rings. The molecule has 1 heterocycles. The van der Waals surface area contributed by atoms with E-state index in [1.165, 1.54) is 0 Å². The number of aryl methyl sites for hydroxylation is 2. The molecule has 0 saturated carbocycles. The number of hydrogen-bond donors (Lipinski definition) is 0. The molecule has 6 heteroatoms.